The molecule has 1 aromatic rings. The zero-order valence-corrected chi connectivity index (χ0v) is 11.3. The second kappa shape index (κ2) is 6.51. The Hall–Kier alpha value is -2.18. The summed E-state index contributed by atoms with van der Waals surface area (Å²) >= 11 is 0. The van der Waals surface area contributed by atoms with Gasteiger partial charge in [-0.2, -0.15) is 8.78 Å². The van der Waals surface area contributed by atoms with Crippen LogP contribution in [0.1, 0.15) is 13.3 Å². The molecule has 1 N–H and O–H groups in total. The zero-order chi connectivity index (χ0) is 15.4. The van der Waals surface area contributed by atoms with Crippen LogP contribution in [-0.4, -0.2) is 25.1 Å². The lowest BCUT2D eigenvalue weighted by atomic mass is 10.3. The number of rotatable bonds is 6. The SMILES string of the molecule is C[C@@H]1C[C@@H]1C(=O)OCC(=O)Nc1ccc(OC(F)F)cc1. The molecule has 0 aliphatic heterocycles. The van der Waals surface area contributed by atoms with Crippen LogP contribution in [0.4, 0.5) is 14.5 Å². The molecule has 0 radical (unpaired) electrons. The first kappa shape index (κ1) is 15.2. The van der Waals surface area contributed by atoms with Crippen LogP contribution in [-0.2, 0) is 14.3 Å². The van der Waals surface area contributed by atoms with Gasteiger partial charge < -0.3 is 14.8 Å². The molecule has 2 atom stereocenters. The Morgan fingerprint density at radius 1 is 1.33 bits per heavy atom. The van der Waals surface area contributed by atoms with Gasteiger partial charge in [0, 0.05) is 5.69 Å². The molecule has 0 unspecified atom stereocenters. The highest BCUT2D eigenvalue weighted by atomic mass is 19.3. The van der Waals surface area contributed by atoms with E-state index in [-0.39, 0.29) is 24.2 Å². The molecule has 1 fully saturated rings. The van der Waals surface area contributed by atoms with Gasteiger partial charge in [0.05, 0.1) is 5.92 Å². The van der Waals surface area contributed by atoms with Crippen LogP contribution in [0.2, 0.25) is 0 Å². The molecule has 2 rings (SSSR count). The summed E-state index contributed by atoms with van der Waals surface area (Å²) in [6.07, 6.45) is 0.798. The molecule has 1 aliphatic rings. The number of esters is 1. The maximum atomic E-state index is 12.0. The summed E-state index contributed by atoms with van der Waals surface area (Å²) in [6, 6.07) is 5.44. The Morgan fingerprint density at radius 2 is 1.95 bits per heavy atom. The number of carbonyl (C=O) groups is 2. The molecule has 5 nitrogen and oxygen atoms in total. The number of anilines is 1. The fraction of sp³-hybridized carbons (Fsp3) is 0.429. The van der Waals surface area contributed by atoms with E-state index in [4.69, 9.17) is 4.74 Å². The highest BCUT2D eigenvalue weighted by Crippen LogP contribution is 2.38. The minimum absolute atomic E-state index is 0.00264. The van der Waals surface area contributed by atoms with Gasteiger partial charge in [-0.25, -0.2) is 0 Å². The van der Waals surface area contributed by atoms with Crippen LogP contribution in [0, 0.1) is 11.8 Å². The van der Waals surface area contributed by atoms with E-state index in [1.807, 2.05) is 6.92 Å². The number of halogens is 2. The Balaban J connectivity index is 1.75. The van der Waals surface area contributed by atoms with Gasteiger partial charge in [-0.3, -0.25) is 9.59 Å². The van der Waals surface area contributed by atoms with E-state index >= 15 is 0 Å². The largest absolute Gasteiger partial charge is 0.455 e. The van der Waals surface area contributed by atoms with Gasteiger partial charge in [0.1, 0.15) is 5.75 Å². The molecule has 1 aliphatic carbocycles. The zero-order valence-electron chi connectivity index (χ0n) is 11.3. The second-order valence-electron chi connectivity index (χ2n) is 4.88. The molecule has 21 heavy (non-hydrogen) atoms. The van der Waals surface area contributed by atoms with Crippen molar-refractivity contribution in [3.63, 3.8) is 0 Å². The summed E-state index contributed by atoms with van der Waals surface area (Å²) in [6.45, 7) is -1.32. The lowest BCUT2D eigenvalue weighted by Crippen LogP contribution is -2.21. The Bertz CT molecular complexity index is 518. The van der Waals surface area contributed by atoms with E-state index in [0.717, 1.165) is 6.42 Å². The van der Waals surface area contributed by atoms with Crippen molar-refractivity contribution < 1.29 is 27.8 Å². The molecule has 114 valence electrons. The molecule has 0 aromatic heterocycles. The topological polar surface area (TPSA) is 64.6 Å². The number of benzene rings is 1. The first-order valence-corrected chi connectivity index (χ1v) is 6.47. The molecular weight excluding hydrogens is 284 g/mol. The number of carbonyl (C=O) groups excluding carboxylic acids is 2. The standard InChI is InChI=1S/C14H15F2NO4/c1-8-6-11(8)13(19)20-7-12(18)17-9-2-4-10(5-3-9)21-14(15)16/h2-5,8,11,14H,6-7H2,1H3,(H,17,18)/t8-,11+/m1/s1. The normalized spacial score (nSPS) is 20.0. The van der Waals surface area contributed by atoms with Crippen molar-refractivity contribution in [1.29, 1.82) is 0 Å². The van der Waals surface area contributed by atoms with E-state index < -0.39 is 12.5 Å². The number of ether oxygens (including phenoxy) is 2. The minimum atomic E-state index is -2.89. The molecule has 7 heteroatoms. The first-order valence-electron chi connectivity index (χ1n) is 6.47. The number of hydrogen-bond acceptors (Lipinski definition) is 4. The quantitative estimate of drug-likeness (QED) is 0.819. The molecule has 0 heterocycles. The van der Waals surface area contributed by atoms with Gasteiger partial charge in [0.25, 0.3) is 5.91 Å². The molecule has 0 saturated heterocycles. The summed E-state index contributed by atoms with van der Waals surface area (Å²) in [5.74, 6) is -0.624. The van der Waals surface area contributed by atoms with Gasteiger partial charge >= 0.3 is 12.6 Å². The summed E-state index contributed by atoms with van der Waals surface area (Å²) in [4.78, 5) is 23.0. The highest BCUT2D eigenvalue weighted by Gasteiger charge is 2.40. The Kier molecular flexibility index (Phi) is 4.72. The van der Waals surface area contributed by atoms with Gasteiger partial charge in [0.2, 0.25) is 0 Å². The Morgan fingerprint density at radius 3 is 2.48 bits per heavy atom. The van der Waals surface area contributed by atoms with Crippen molar-refractivity contribution in [1.82, 2.24) is 0 Å². The first-order chi connectivity index (χ1) is 9.95. The highest BCUT2D eigenvalue weighted by molar-refractivity contribution is 5.93. The maximum Gasteiger partial charge on any atom is 0.387 e. The van der Waals surface area contributed by atoms with Crippen LogP contribution in [0.15, 0.2) is 24.3 Å². The molecule has 0 bridgehead atoms. The van der Waals surface area contributed by atoms with Crippen LogP contribution in [0.3, 0.4) is 0 Å². The lowest BCUT2D eigenvalue weighted by Gasteiger charge is -2.08. The third-order valence-corrected chi connectivity index (χ3v) is 3.12. The summed E-state index contributed by atoms with van der Waals surface area (Å²) in [5.41, 5.74) is 0.400. The summed E-state index contributed by atoms with van der Waals surface area (Å²) < 4.78 is 33.0. The Labute approximate surface area is 120 Å². The molecular formula is C14H15F2NO4. The van der Waals surface area contributed by atoms with Crippen molar-refractivity contribution in [2.45, 2.75) is 20.0 Å². The average Bonchev–Trinajstić information content (AvgIpc) is 3.15. The summed E-state index contributed by atoms with van der Waals surface area (Å²) in [5, 5.41) is 2.49. The number of nitrogens with one attached hydrogen (secondary N) is 1. The fourth-order valence-corrected chi connectivity index (χ4v) is 1.81. The van der Waals surface area contributed by atoms with E-state index in [9.17, 15) is 18.4 Å². The van der Waals surface area contributed by atoms with Crippen molar-refractivity contribution in [2.24, 2.45) is 11.8 Å². The van der Waals surface area contributed by atoms with Crippen LogP contribution in [0.5, 0.6) is 5.75 Å². The van der Waals surface area contributed by atoms with Crippen molar-refractivity contribution in [2.75, 3.05) is 11.9 Å². The van der Waals surface area contributed by atoms with E-state index in [1.165, 1.54) is 24.3 Å². The van der Waals surface area contributed by atoms with Gasteiger partial charge in [-0.15, -0.1) is 0 Å². The number of hydrogen-bond donors (Lipinski definition) is 1. The number of amides is 1. The molecule has 0 spiro atoms. The van der Waals surface area contributed by atoms with Crippen LogP contribution < -0.4 is 10.1 Å². The van der Waals surface area contributed by atoms with Crippen molar-refractivity contribution >= 4 is 17.6 Å². The fourth-order valence-electron chi connectivity index (χ4n) is 1.81. The van der Waals surface area contributed by atoms with Gasteiger partial charge in [-0.05, 0) is 36.6 Å². The molecule has 1 amide bonds. The third-order valence-electron chi connectivity index (χ3n) is 3.12. The monoisotopic (exact) mass is 299 g/mol. The lowest BCUT2D eigenvalue weighted by molar-refractivity contribution is -0.148. The second-order valence-corrected chi connectivity index (χ2v) is 4.88. The van der Waals surface area contributed by atoms with Crippen molar-refractivity contribution in [3.05, 3.63) is 24.3 Å². The summed E-state index contributed by atoms with van der Waals surface area (Å²) in [7, 11) is 0. The van der Waals surface area contributed by atoms with Crippen LogP contribution >= 0.6 is 0 Å². The number of alkyl halides is 2. The predicted octanol–water partition coefficient (Wildman–Crippen LogP) is 2.43. The smallest absolute Gasteiger partial charge is 0.387 e. The van der Waals surface area contributed by atoms with Crippen LogP contribution in [0.25, 0.3) is 0 Å². The average molecular weight is 299 g/mol. The van der Waals surface area contributed by atoms with E-state index in [0.29, 0.717) is 11.6 Å². The van der Waals surface area contributed by atoms with E-state index in [1.54, 1.807) is 0 Å². The van der Waals surface area contributed by atoms with Gasteiger partial charge in [0.15, 0.2) is 6.61 Å². The minimum Gasteiger partial charge on any atom is -0.455 e. The molecule has 1 saturated carbocycles. The van der Waals surface area contributed by atoms with E-state index in [2.05, 4.69) is 10.1 Å². The van der Waals surface area contributed by atoms with Gasteiger partial charge in [-0.1, -0.05) is 6.92 Å². The maximum absolute atomic E-state index is 12.0. The molecule has 1 aromatic carbocycles. The van der Waals surface area contributed by atoms with Crippen molar-refractivity contribution in [3.8, 4) is 5.75 Å². The third kappa shape index (κ3) is 4.70. The predicted molar refractivity (Wildman–Crippen MR) is 69.9 cm³/mol.